The molecule has 0 fully saturated rings. The number of nitrogens with one attached hydrogen (secondary N) is 1. The second kappa shape index (κ2) is 7.34. The summed E-state index contributed by atoms with van der Waals surface area (Å²) < 4.78 is 10.5. The first-order valence-electron chi connectivity index (χ1n) is 6.38. The summed E-state index contributed by atoms with van der Waals surface area (Å²) in [6.07, 6.45) is 0. The molecule has 2 rings (SSSR count). The van der Waals surface area contributed by atoms with Crippen LogP contribution < -0.4 is 14.8 Å². The number of ether oxygens (including phenoxy) is 2. The number of rotatable bonds is 5. The smallest absolute Gasteiger partial charge is 0.262 e. The standard InChI is InChI=1S/C16H13ClN2O3/c1-21-13-3-2-4-14(8-13)22-10-16(20)19-12-6-5-11(9-18)15(17)7-12/h2-8H,10H2,1H3,(H,19,20). The first-order chi connectivity index (χ1) is 10.6. The van der Waals surface area contributed by atoms with E-state index in [0.717, 1.165) is 0 Å². The lowest BCUT2D eigenvalue weighted by molar-refractivity contribution is -0.118. The van der Waals surface area contributed by atoms with Gasteiger partial charge in [0.15, 0.2) is 6.61 Å². The Morgan fingerprint density at radius 3 is 2.73 bits per heavy atom. The van der Waals surface area contributed by atoms with Crippen LogP contribution in [0.2, 0.25) is 5.02 Å². The van der Waals surface area contributed by atoms with Gasteiger partial charge in [-0.1, -0.05) is 17.7 Å². The van der Waals surface area contributed by atoms with Gasteiger partial charge in [0.25, 0.3) is 5.91 Å². The average Bonchev–Trinajstić information content (AvgIpc) is 2.53. The molecule has 2 aromatic carbocycles. The summed E-state index contributed by atoms with van der Waals surface area (Å²) in [5.41, 5.74) is 0.857. The lowest BCUT2D eigenvalue weighted by Gasteiger charge is -2.09. The molecule has 0 radical (unpaired) electrons. The van der Waals surface area contributed by atoms with Crippen LogP contribution in [-0.4, -0.2) is 19.6 Å². The van der Waals surface area contributed by atoms with Gasteiger partial charge in [-0.2, -0.15) is 5.26 Å². The summed E-state index contributed by atoms with van der Waals surface area (Å²) in [6, 6.07) is 13.6. The highest BCUT2D eigenvalue weighted by molar-refractivity contribution is 6.32. The Labute approximate surface area is 133 Å². The molecule has 2 aromatic rings. The van der Waals surface area contributed by atoms with Crippen LogP contribution in [0.1, 0.15) is 5.56 Å². The molecule has 0 bridgehead atoms. The second-order valence-electron chi connectivity index (χ2n) is 4.32. The van der Waals surface area contributed by atoms with Gasteiger partial charge in [0.05, 0.1) is 17.7 Å². The van der Waals surface area contributed by atoms with Crippen LogP contribution in [0.5, 0.6) is 11.5 Å². The number of halogens is 1. The van der Waals surface area contributed by atoms with Gasteiger partial charge in [0.2, 0.25) is 0 Å². The first kappa shape index (κ1) is 15.7. The van der Waals surface area contributed by atoms with Gasteiger partial charge < -0.3 is 14.8 Å². The minimum Gasteiger partial charge on any atom is -0.497 e. The van der Waals surface area contributed by atoms with Gasteiger partial charge in [-0.05, 0) is 30.3 Å². The Morgan fingerprint density at radius 1 is 1.27 bits per heavy atom. The van der Waals surface area contributed by atoms with Gasteiger partial charge in [-0.25, -0.2) is 0 Å². The molecule has 0 aliphatic rings. The fourth-order valence-corrected chi connectivity index (χ4v) is 1.94. The minimum atomic E-state index is -0.330. The Kier molecular flexibility index (Phi) is 5.23. The SMILES string of the molecule is COc1cccc(OCC(=O)Nc2ccc(C#N)c(Cl)c2)c1. The number of hydrogen-bond donors (Lipinski definition) is 1. The maximum absolute atomic E-state index is 11.8. The van der Waals surface area contributed by atoms with Crippen molar-refractivity contribution in [1.29, 1.82) is 5.26 Å². The number of methoxy groups -OCH3 is 1. The zero-order valence-electron chi connectivity index (χ0n) is 11.8. The van der Waals surface area contributed by atoms with E-state index in [4.69, 9.17) is 26.3 Å². The van der Waals surface area contributed by atoms with E-state index in [-0.39, 0.29) is 17.5 Å². The number of nitriles is 1. The molecule has 0 aliphatic heterocycles. The van der Waals surface area contributed by atoms with Crippen molar-refractivity contribution in [3.8, 4) is 17.6 Å². The molecule has 22 heavy (non-hydrogen) atoms. The number of hydrogen-bond acceptors (Lipinski definition) is 4. The maximum Gasteiger partial charge on any atom is 0.262 e. The molecular formula is C16H13ClN2O3. The van der Waals surface area contributed by atoms with E-state index < -0.39 is 0 Å². The number of carbonyl (C=O) groups is 1. The summed E-state index contributed by atoms with van der Waals surface area (Å²) in [6.45, 7) is -0.148. The van der Waals surface area contributed by atoms with E-state index in [1.54, 1.807) is 43.5 Å². The highest BCUT2D eigenvalue weighted by Gasteiger charge is 2.06. The van der Waals surface area contributed by atoms with Crippen LogP contribution in [0.4, 0.5) is 5.69 Å². The van der Waals surface area contributed by atoms with E-state index in [9.17, 15) is 4.79 Å². The number of nitrogens with zero attached hydrogens (tertiary/aromatic N) is 1. The predicted molar refractivity (Wildman–Crippen MR) is 83.3 cm³/mol. The van der Waals surface area contributed by atoms with Crippen molar-refractivity contribution in [2.24, 2.45) is 0 Å². The third-order valence-corrected chi connectivity index (χ3v) is 3.10. The number of benzene rings is 2. The van der Waals surface area contributed by atoms with E-state index in [0.29, 0.717) is 22.7 Å². The quantitative estimate of drug-likeness (QED) is 0.919. The van der Waals surface area contributed by atoms with Crippen molar-refractivity contribution in [2.45, 2.75) is 0 Å². The highest BCUT2D eigenvalue weighted by atomic mass is 35.5. The van der Waals surface area contributed by atoms with Gasteiger partial charge in [0, 0.05) is 11.8 Å². The van der Waals surface area contributed by atoms with Crippen LogP contribution in [-0.2, 0) is 4.79 Å². The molecule has 6 heteroatoms. The van der Waals surface area contributed by atoms with Crippen molar-refractivity contribution in [3.63, 3.8) is 0 Å². The summed E-state index contributed by atoms with van der Waals surface area (Å²) in [4.78, 5) is 11.8. The molecule has 0 spiro atoms. The molecule has 0 saturated heterocycles. The van der Waals surface area contributed by atoms with Crippen molar-refractivity contribution < 1.29 is 14.3 Å². The van der Waals surface area contributed by atoms with Crippen molar-refractivity contribution in [2.75, 3.05) is 19.0 Å². The molecule has 0 heterocycles. The molecule has 5 nitrogen and oxygen atoms in total. The first-order valence-corrected chi connectivity index (χ1v) is 6.76. The van der Waals surface area contributed by atoms with Crippen molar-refractivity contribution in [1.82, 2.24) is 0 Å². The molecule has 0 aliphatic carbocycles. The van der Waals surface area contributed by atoms with E-state index in [1.165, 1.54) is 6.07 Å². The molecule has 0 unspecified atom stereocenters. The number of carbonyl (C=O) groups excluding carboxylic acids is 1. The monoisotopic (exact) mass is 316 g/mol. The molecule has 1 amide bonds. The van der Waals surface area contributed by atoms with Gasteiger partial charge in [-0.3, -0.25) is 4.79 Å². The molecule has 0 saturated carbocycles. The summed E-state index contributed by atoms with van der Waals surface area (Å²) in [7, 11) is 1.56. The average molecular weight is 317 g/mol. The second-order valence-corrected chi connectivity index (χ2v) is 4.73. The zero-order chi connectivity index (χ0) is 15.9. The molecular weight excluding hydrogens is 304 g/mol. The van der Waals surface area contributed by atoms with Crippen molar-refractivity contribution >= 4 is 23.2 Å². The number of anilines is 1. The van der Waals surface area contributed by atoms with E-state index >= 15 is 0 Å². The predicted octanol–water partition coefficient (Wildman–Crippen LogP) is 3.24. The largest absolute Gasteiger partial charge is 0.497 e. The lowest BCUT2D eigenvalue weighted by Crippen LogP contribution is -2.20. The molecule has 112 valence electrons. The van der Waals surface area contributed by atoms with E-state index in [2.05, 4.69) is 5.32 Å². The fourth-order valence-electron chi connectivity index (χ4n) is 1.72. The summed E-state index contributed by atoms with van der Waals surface area (Å²) in [5, 5.41) is 11.7. The topological polar surface area (TPSA) is 71.3 Å². The van der Waals surface area contributed by atoms with Gasteiger partial charge >= 0.3 is 0 Å². The Morgan fingerprint density at radius 2 is 2.05 bits per heavy atom. The molecule has 0 aromatic heterocycles. The Bertz CT molecular complexity index is 726. The van der Waals surface area contributed by atoms with Crippen LogP contribution in [0, 0.1) is 11.3 Å². The van der Waals surface area contributed by atoms with E-state index in [1.807, 2.05) is 6.07 Å². The van der Waals surface area contributed by atoms with Gasteiger partial charge in [0.1, 0.15) is 17.6 Å². The Hall–Kier alpha value is -2.71. The van der Waals surface area contributed by atoms with Crippen molar-refractivity contribution in [3.05, 3.63) is 53.1 Å². The Balaban J connectivity index is 1.93. The third-order valence-electron chi connectivity index (χ3n) is 2.78. The zero-order valence-corrected chi connectivity index (χ0v) is 12.6. The molecule has 0 atom stereocenters. The fraction of sp³-hybridized carbons (Fsp3) is 0.125. The summed E-state index contributed by atoms with van der Waals surface area (Å²) >= 11 is 5.90. The van der Waals surface area contributed by atoms with Crippen LogP contribution in [0.3, 0.4) is 0 Å². The highest BCUT2D eigenvalue weighted by Crippen LogP contribution is 2.21. The van der Waals surface area contributed by atoms with Gasteiger partial charge in [-0.15, -0.1) is 0 Å². The molecule has 1 N–H and O–H groups in total. The maximum atomic E-state index is 11.8. The minimum absolute atomic E-state index is 0.148. The van der Waals surface area contributed by atoms with Crippen LogP contribution >= 0.6 is 11.6 Å². The van der Waals surface area contributed by atoms with Crippen LogP contribution in [0.25, 0.3) is 0 Å². The number of amides is 1. The normalized spacial score (nSPS) is 9.68. The summed E-state index contributed by atoms with van der Waals surface area (Å²) in [5.74, 6) is 0.854. The lowest BCUT2D eigenvalue weighted by atomic mass is 10.2. The van der Waals surface area contributed by atoms with Crippen LogP contribution in [0.15, 0.2) is 42.5 Å². The third kappa shape index (κ3) is 4.14.